The van der Waals surface area contributed by atoms with E-state index >= 15 is 0 Å². The molecule has 0 aliphatic carbocycles. The SMILES string of the molecule is Cc1ccc(S(=O)(=O)N(C)CC(=O)N(C)Cc2ccccc2)cc1. The maximum atomic E-state index is 12.5. The number of nitrogens with zero attached hydrogens (tertiary/aromatic N) is 2. The van der Waals surface area contributed by atoms with E-state index in [4.69, 9.17) is 0 Å². The second-order valence-electron chi connectivity index (χ2n) is 5.81. The van der Waals surface area contributed by atoms with E-state index in [-0.39, 0.29) is 17.3 Å². The van der Waals surface area contributed by atoms with Gasteiger partial charge in [-0.05, 0) is 24.6 Å². The summed E-state index contributed by atoms with van der Waals surface area (Å²) in [7, 11) is -0.583. The Morgan fingerprint density at radius 2 is 1.54 bits per heavy atom. The fourth-order valence-electron chi connectivity index (χ4n) is 2.23. The Labute approximate surface area is 143 Å². The molecule has 2 aromatic rings. The van der Waals surface area contributed by atoms with E-state index in [0.717, 1.165) is 15.4 Å². The molecule has 0 fully saturated rings. The molecular weight excluding hydrogens is 324 g/mol. The van der Waals surface area contributed by atoms with Crippen LogP contribution in [0.5, 0.6) is 0 Å². The van der Waals surface area contributed by atoms with Crippen LogP contribution in [0.25, 0.3) is 0 Å². The Hall–Kier alpha value is -2.18. The second kappa shape index (κ2) is 7.59. The summed E-state index contributed by atoms with van der Waals surface area (Å²) in [5.41, 5.74) is 1.98. The molecule has 0 spiro atoms. The van der Waals surface area contributed by atoms with Gasteiger partial charge in [0.05, 0.1) is 11.4 Å². The third kappa shape index (κ3) is 4.43. The van der Waals surface area contributed by atoms with Crippen molar-refractivity contribution in [2.75, 3.05) is 20.6 Å². The van der Waals surface area contributed by atoms with Crippen LogP contribution in [0.3, 0.4) is 0 Å². The Balaban J connectivity index is 2.03. The van der Waals surface area contributed by atoms with Crippen LogP contribution in [0.1, 0.15) is 11.1 Å². The van der Waals surface area contributed by atoms with Crippen LogP contribution < -0.4 is 0 Å². The molecular formula is C18H22N2O3S. The summed E-state index contributed by atoms with van der Waals surface area (Å²) >= 11 is 0. The zero-order valence-corrected chi connectivity index (χ0v) is 15.0. The lowest BCUT2D eigenvalue weighted by Crippen LogP contribution is -2.39. The number of benzene rings is 2. The van der Waals surface area contributed by atoms with Crippen molar-refractivity contribution in [2.45, 2.75) is 18.4 Å². The molecule has 2 rings (SSSR count). The van der Waals surface area contributed by atoms with Gasteiger partial charge in [-0.2, -0.15) is 4.31 Å². The number of hydrogen-bond acceptors (Lipinski definition) is 3. The number of aryl methyl sites for hydroxylation is 1. The highest BCUT2D eigenvalue weighted by Gasteiger charge is 2.24. The summed E-state index contributed by atoms with van der Waals surface area (Å²) in [5, 5.41) is 0. The minimum absolute atomic E-state index is 0.189. The summed E-state index contributed by atoms with van der Waals surface area (Å²) in [6.07, 6.45) is 0. The summed E-state index contributed by atoms with van der Waals surface area (Å²) in [4.78, 5) is 14.0. The summed E-state index contributed by atoms with van der Waals surface area (Å²) in [6.45, 7) is 2.14. The van der Waals surface area contributed by atoms with Crippen molar-refractivity contribution in [3.8, 4) is 0 Å². The third-order valence-corrected chi connectivity index (χ3v) is 5.59. The first-order valence-electron chi connectivity index (χ1n) is 7.61. The van der Waals surface area contributed by atoms with Gasteiger partial charge >= 0.3 is 0 Å². The van der Waals surface area contributed by atoms with Gasteiger partial charge in [0.2, 0.25) is 15.9 Å². The smallest absolute Gasteiger partial charge is 0.243 e. The van der Waals surface area contributed by atoms with E-state index in [0.29, 0.717) is 6.54 Å². The number of sulfonamides is 1. The molecule has 2 aromatic carbocycles. The zero-order chi connectivity index (χ0) is 17.7. The standard InChI is InChI=1S/C18H22N2O3S/c1-15-9-11-17(12-10-15)24(22,23)20(3)14-18(21)19(2)13-16-7-5-4-6-8-16/h4-12H,13-14H2,1-3H3. The van der Waals surface area contributed by atoms with E-state index in [1.54, 1.807) is 31.3 Å². The molecule has 0 aliphatic heterocycles. The zero-order valence-electron chi connectivity index (χ0n) is 14.1. The largest absolute Gasteiger partial charge is 0.340 e. The number of hydrogen-bond donors (Lipinski definition) is 0. The quantitative estimate of drug-likeness (QED) is 0.806. The van der Waals surface area contributed by atoms with Crippen molar-refractivity contribution < 1.29 is 13.2 Å². The first-order chi connectivity index (χ1) is 11.3. The topological polar surface area (TPSA) is 57.7 Å². The Morgan fingerprint density at radius 1 is 0.958 bits per heavy atom. The molecule has 0 atom stereocenters. The van der Waals surface area contributed by atoms with Crippen molar-refractivity contribution in [1.29, 1.82) is 0 Å². The molecule has 0 aromatic heterocycles. The number of carbonyl (C=O) groups excluding carboxylic acids is 1. The number of rotatable bonds is 6. The van der Waals surface area contributed by atoms with Crippen LogP contribution in [0.2, 0.25) is 0 Å². The highest BCUT2D eigenvalue weighted by molar-refractivity contribution is 7.89. The minimum atomic E-state index is -3.67. The van der Waals surface area contributed by atoms with Gasteiger partial charge in [0, 0.05) is 20.6 Å². The van der Waals surface area contributed by atoms with Crippen molar-refractivity contribution in [1.82, 2.24) is 9.21 Å². The molecule has 24 heavy (non-hydrogen) atoms. The summed E-state index contributed by atoms with van der Waals surface area (Å²) in [5.74, 6) is -0.253. The van der Waals surface area contributed by atoms with Crippen LogP contribution in [-0.2, 0) is 21.4 Å². The molecule has 128 valence electrons. The molecule has 6 heteroatoms. The average molecular weight is 346 g/mol. The molecule has 1 amide bonds. The molecule has 0 N–H and O–H groups in total. The van der Waals surface area contributed by atoms with Crippen molar-refractivity contribution in [3.63, 3.8) is 0 Å². The predicted octanol–water partition coefficient (Wildman–Crippen LogP) is 2.27. The number of carbonyl (C=O) groups is 1. The minimum Gasteiger partial charge on any atom is -0.340 e. The van der Waals surface area contributed by atoms with Gasteiger partial charge in [-0.3, -0.25) is 4.79 Å². The highest BCUT2D eigenvalue weighted by atomic mass is 32.2. The lowest BCUT2D eigenvalue weighted by atomic mass is 10.2. The first-order valence-corrected chi connectivity index (χ1v) is 9.05. The Kier molecular flexibility index (Phi) is 5.75. The molecule has 5 nitrogen and oxygen atoms in total. The Morgan fingerprint density at radius 3 is 2.12 bits per heavy atom. The molecule has 0 radical (unpaired) electrons. The van der Waals surface area contributed by atoms with Gasteiger partial charge in [-0.25, -0.2) is 8.42 Å². The van der Waals surface area contributed by atoms with Crippen LogP contribution >= 0.6 is 0 Å². The van der Waals surface area contributed by atoms with Crippen LogP contribution in [0.15, 0.2) is 59.5 Å². The molecule has 0 unspecified atom stereocenters. The van der Waals surface area contributed by atoms with E-state index in [2.05, 4.69) is 0 Å². The van der Waals surface area contributed by atoms with Crippen molar-refractivity contribution in [2.24, 2.45) is 0 Å². The van der Waals surface area contributed by atoms with Gasteiger partial charge in [-0.15, -0.1) is 0 Å². The number of amides is 1. The average Bonchev–Trinajstić information content (AvgIpc) is 2.56. The maximum Gasteiger partial charge on any atom is 0.243 e. The van der Waals surface area contributed by atoms with Crippen molar-refractivity contribution >= 4 is 15.9 Å². The molecule has 0 bridgehead atoms. The molecule has 0 heterocycles. The fourth-order valence-corrected chi connectivity index (χ4v) is 3.35. The van der Waals surface area contributed by atoms with Gasteiger partial charge in [0.25, 0.3) is 0 Å². The van der Waals surface area contributed by atoms with Crippen LogP contribution in [-0.4, -0.2) is 44.2 Å². The monoisotopic (exact) mass is 346 g/mol. The highest BCUT2D eigenvalue weighted by Crippen LogP contribution is 2.15. The maximum absolute atomic E-state index is 12.5. The van der Waals surface area contributed by atoms with E-state index < -0.39 is 10.0 Å². The first kappa shape index (κ1) is 18.2. The van der Waals surface area contributed by atoms with Crippen molar-refractivity contribution in [3.05, 3.63) is 65.7 Å². The van der Waals surface area contributed by atoms with Crippen LogP contribution in [0.4, 0.5) is 0 Å². The number of likely N-dealkylation sites (N-methyl/N-ethyl adjacent to an activating group) is 2. The van der Waals surface area contributed by atoms with Gasteiger partial charge < -0.3 is 4.90 Å². The normalized spacial score (nSPS) is 11.5. The van der Waals surface area contributed by atoms with Gasteiger partial charge in [0.1, 0.15) is 0 Å². The molecule has 0 saturated heterocycles. The van der Waals surface area contributed by atoms with E-state index in [1.807, 2.05) is 37.3 Å². The second-order valence-corrected chi connectivity index (χ2v) is 7.85. The predicted molar refractivity (Wildman–Crippen MR) is 93.9 cm³/mol. The summed E-state index contributed by atoms with van der Waals surface area (Å²) < 4.78 is 26.1. The van der Waals surface area contributed by atoms with E-state index in [1.165, 1.54) is 11.9 Å². The molecule has 0 saturated carbocycles. The lowest BCUT2D eigenvalue weighted by molar-refractivity contribution is -0.130. The van der Waals surface area contributed by atoms with Gasteiger partial charge in [-0.1, -0.05) is 48.0 Å². The molecule has 0 aliphatic rings. The fraction of sp³-hybridized carbons (Fsp3) is 0.278. The van der Waals surface area contributed by atoms with Gasteiger partial charge in [0.15, 0.2) is 0 Å². The van der Waals surface area contributed by atoms with Crippen LogP contribution in [0, 0.1) is 6.92 Å². The lowest BCUT2D eigenvalue weighted by Gasteiger charge is -2.22. The van der Waals surface area contributed by atoms with E-state index in [9.17, 15) is 13.2 Å². The summed E-state index contributed by atoms with van der Waals surface area (Å²) in [6, 6.07) is 16.2. The Bertz CT molecular complexity index is 787. The third-order valence-electron chi connectivity index (χ3n) is 3.78.